The lowest BCUT2D eigenvalue weighted by atomic mass is 10.0. The summed E-state index contributed by atoms with van der Waals surface area (Å²) in [5, 5.41) is 4.30. The van der Waals surface area contributed by atoms with Crippen LogP contribution in [0.2, 0.25) is 5.02 Å². The van der Waals surface area contributed by atoms with Crippen molar-refractivity contribution in [1.82, 2.24) is 0 Å². The summed E-state index contributed by atoms with van der Waals surface area (Å²) in [5.41, 5.74) is 2.50. The topological polar surface area (TPSA) is 12.0 Å². The van der Waals surface area contributed by atoms with Crippen LogP contribution in [0.3, 0.4) is 0 Å². The Morgan fingerprint density at radius 3 is 2.50 bits per heavy atom. The quantitative estimate of drug-likeness (QED) is 0.788. The number of anilines is 1. The number of rotatable bonds is 3. The van der Waals surface area contributed by atoms with Gasteiger partial charge in [0.1, 0.15) is 0 Å². The van der Waals surface area contributed by atoms with E-state index in [1.807, 2.05) is 18.2 Å². The average molecular weight is 212 g/mol. The molecule has 14 heavy (non-hydrogen) atoms. The van der Waals surface area contributed by atoms with Crippen molar-refractivity contribution in [3.8, 4) is 0 Å². The molecular formula is C12H18ClN. The van der Waals surface area contributed by atoms with Gasteiger partial charge in [0.05, 0.1) is 0 Å². The fourth-order valence-corrected chi connectivity index (χ4v) is 1.45. The Balaban J connectivity index is 2.87. The highest BCUT2D eigenvalue weighted by molar-refractivity contribution is 6.30. The van der Waals surface area contributed by atoms with Crippen LogP contribution in [0, 0.1) is 6.92 Å². The van der Waals surface area contributed by atoms with Crippen LogP contribution in [0.25, 0.3) is 0 Å². The van der Waals surface area contributed by atoms with Gasteiger partial charge in [-0.1, -0.05) is 18.5 Å². The van der Waals surface area contributed by atoms with Gasteiger partial charge >= 0.3 is 0 Å². The van der Waals surface area contributed by atoms with E-state index in [0.29, 0.717) is 0 Å². The van der Waals surface area contributed by atoms with Gasteiger partial charge in [-0.15, -0.1) is 0 Å². The monoisotopic (exact) mass is 211 g/mol. The second-order valence-electron chi connectivity index (χ2n) is 4.32. The summed E-state index contributed by atoms with van der Waals surface area (Å²) in [4.78, 5) is 0. The molecule has 0 saturated carbocycles. The molecule has 2 heteroatoms. The molecule has 0 aromatic heterocycles. The Morgan fingerprint density at radius 1 is 1.36 bits per heavy atom. The second kappa shape index (κ2) is 4.22. The van der Waals surface area contributed by atoms with Gasteiger partial charge in [-0.05, 0) is 51.0 Å². The summed E-state index contributed by atoms with van der Waals surface area (Å²) >= 11 is 5.89. The molecule has 0 bridgehead atoms. The summed E-state index contributed by atoms with van der Waals surface area (Å²) in [7, 11) is 0. The lowest BCUT2D eigenvalue weighted by molar-refractivity contribution is 0.547. The predicted molar refractivity (Wildman–Crippen MR) is 64.2 cm³/mol. The first-order valence-corrected chi connectivity index (χ1v) is 5.37. The highest BCUT2D eigenvalue weighted by Crippen LogP contribution is 2.23. The van der Waals surface area contributed by atoms with Gasteiger partial charge in [-0.2, -0.15) is 0 Å². The van der Waals surface area contributed by atoms with Crippen molar-refractivity contribution >= 4 is 17.3 Å². The van der Waals surface area contributed by atoms with Crippen molar-refractivity contribution in [2.45, 2.75) is 39.7 Å². The maximum absolute atomic E-state index is 5.89. The molecule has 78 valence electrons. The summed E-state index contributed by atoms with van der Waals surface area (Å²) in [6.07, 6.45) is 1.09. The molecule has 1 nitrogen and oxygen atoms in total. The highest BCUT2D eigenvalue weighted by Gasteiger charge is 2.14. The van der Waals surface area contributed by atoms with Crippen LogP contribution in [0.5, 0.6) is 0 Å². The Morgan fingerprint density at radius 2 is 2.00 bits per heavy atom. The van der Waals surface area contributed by atoms with Crippen LogP contribution < -0.4 is 5.32 Å². The summed E-state index contributed by atoms with van der Waals surface area (Å²) in [5.74, 6) is 0. The predicted octanol–water partition coefficient (Wildman–Crippen LogP) is 4.25. The van der Waals surface area contributed by atoms with Crippen LogP contribution >= 0.6 is 11.6 Å². The Hall–Kier alpha value is -0.690. The fourth-order valence-electron chi connectivity index (χ4n) is 1.22. The van der Waals surface area contributed by atoms with E-state index in [9.17, 15) is 0 Å². The van der Waals surface area contributed by atoms with Crippen LogP contribution in [-0.2, 0) is 0 Å². The van der Waals surface area contributed by atoms with Crippen LogP contribution in [0.15, 0.2) is 18.2 Å². The third-order valence-corrected chi connectivity index (χ3v) is 2.78. The van der Waals surface area contributed by atoms with Gasteiger partial charge in [0.15, 0.2) is 0 Å². The Bertz CT molecular complexity index is 318. The first-order chi connectivity index (χ1) is 6.44. The molecule has 0 unspecified atom stereocenters. The molecule has 0 spiro atoms. The molecular weight excluding hydrogens is 194 g/mol. The second-order valence-corrected chi connectivity index (χ2v) is 4.76. The zero-order valence-corrected chi connectivity index (χ0v) is 10.1. The van der Waals surface area contributed by atoms with Crippen molar-refractivity contribution in [3.05, 3.63) is 28.8 Å². The minimum atomic E-state index is 0.137. The van der Waals surface area contributed by atoms with E-state index < -0.39 is 0 Å². The number of nitrogens with one attached hydrogen (secondary N) is 1. The van der Waals surface area contributed by atoms with Crippen molar-refractivity contribution in [2.24, 2.45) is 0 Å². The lowest BCUT2D eigenvalue weighted by Crippen LogP contribution is -2.29. The zero-order chi connectivity index (χ0) is 10.8. The molecule has 1 rings (SSSR count). The number of hydrogen-bond acceptors (Lipinski definition) is 1. The van der Waals surface area contributed by atoms with Crippen LogP contribution in [0.4, 0.5) is 5.69 Å². The minimum absolute atomic E-state index is 0.137. The number of benzene rings is 1. The molecule has 1 N–H and O–H groups in total. The molecule has 1 aromatic carbocycles. The third-order valence-electron chi connectivity index (χ3n) is 2.55. The van der Waals surface area contributed by atoms with Gasteiger partial charge in [-0.3, -0.25) is 0 Å². The first kappa shape index (κ1) is 11.4. The van der Waals surface area contributed by atoms with Crippen molar-refractivity contribution in [3.63, 3.8) is 0 Å². The van der Waals surface area contributed by atoms with E-state index in [2.05, 4.69) is 33.0 Å². The van der Waals surface area contributed by atoms with Gasteiger partial charge in [-0.25, -0.2) is 0 Å². The minimum Gasteiger partial charge on any atom is -0.380 e. The molecule has 1 aromatic rings. The highest BCUT2D eigenvalue weighted by atomic mass is 35.5. The fraction of sp³-hybridized carbons (Fsp3) is 0.500. The molecule has 0 heterocycles. The molecule has 0 aliphatic heterocycles. The maximum Gasteiger partial charge on any atom is 0.0410 e. The van der Waals surface area contributed by atoms with E-state index in [1.165, 1.54) is 11.3 Å². The number of aryl methyl sites for hydroxylation is 1. The molecule has 0 saturated heterocycles. The molecule has 0 atom stereocenters. The smallest absolute Gasteiger partial charge is 0.0410 e. The van der Waals surface area contributed by atoms with E-state index in [1.54, 1.807) is 0 Å². The number of hydrogen-bond donors (Lipinski definition) is 1. The number of halogens is 1. The summed E-state index contributed by atoms with van der Waals surface area (Å²) in [6.45, 7) is 8.64. The lowest BCUT2D eigenvalue weighted by Gasteiger charge is -2.27. The summed E-state index contributed by atoms with van der Waals surface area (Å²) in [6, 6.07) is 5.94. The maximum atomic E-state index is 5.89. The van der Waals surface area contributed by atoms with Crippen LogP contribution in [-0.4, -0.2) is 5.54 Å². The van der Waals surface area contributed by atoms with Crippen molar-refractivity contribution < 1.29 is 0 Å². The van der Waals surface area contributed by atoms with Crippen LogP contribution in [0.1, 0.15) is 32.8 Å². The Kier molecular flexibility index (Phi) is 3.43. The van der Waals surface area contributed by atoms with Crippen molar-refractivity contribution in [1.29, 1.82) is 0 Å². The molecule has 0 fully saturated rings. The zero-order valence-electron chi connectivity index (χ0n) is 9.32. The van der Waals surface area contributed by atoms with E-state index in [-0.39, 0.29) is 5.54 Å². The molecule has 0 aliphatic carbocycles. The van der Waals surface area contributed by atoms with Crippen molar-refractivity contribution in [2.75, 3.05) is 5.32 Å². The molecule has 0 amide bonds. The van der Waals surface area contributed by atoms with E-state index >= 15 is 0 Å². The van der Waals surface area contributed by atoms with E-state index in [4.69, 9.17) is 11.6 Å². The van der Waals surface area contributed by atoms with Gasteiger partial charge < -0.3 is 5.32 Å². The third kappa shape index (κ3) is 2.91. The van der Waals surface area contributed by atoms with Gasteiger partial charge in [0.25, 0.3) is 0 Å². The standard InChI is InChI=1S/C12H18ClN/c1-5-12(3,4)14-11-7-6-10(13)8-9(11)2/h6-8,14H,5H2,1-4H3. The first-order valence-electron chi connectivity index (χ1n) is 4.99. The Labute approximate surface area is 91.5 Å². The SMILES string of the molecule is CCC(C)(C)Nc1ccc(Cl)cc1C. The summed E-state index contributed by atoms with van der Waals surface area (Å²) < 4.78 is 0. The van der Waals surface area contributed by atoms with E-state index in [0.717, 1.165) is 11.4 Å². The average Bonchev–Trinajstić information content (AvgIpc) is 2.10. The van der Waals surface area contributed by atoms with Gasteiger partial charge in [0.2, 0.25) is 0 Å². The normalized spacial score (nSPS) is 11.5. The molecule has 0 aliphatic rings. The van der Waals surface area contributed by atoms with Gasteiger partial charge in [0, 0.05) is 16.2 Å². The largest absolute Gasteiger partial charge is 0.380 e. The molecule has 0 radical (unpaired) electrons.